The molecule has 0 aliphatic carbocycles. The molecule has 7 heteroatoms. The average molecular weight is 205 g/mol. The summed E-state index contributed by atoms with van der Waals surface area (Å²) in [6.07, 6.45) is -0.00907. The zero-order valence-corrected chi connectivity index (χ0v) is 7.27. The molecule has 0 aliphatic heterocycles. The molecule has 0 aromatic heterocycles. The first kappa shape index (κ1) is 12.4. The molecule has 0 heterocycles. The fourth-order valence-corrected chi connectivity index (χ4v) is 0.728. The summed E-state index contributed by atoms with van der Waals surface area (Å²) in [5.41, 5.74) is 0. The van der Waals surface area contributed by atoms with Crippen LogP contribution in [0.2, 0.25) is 0 Å². The lowest BCUT2D eigenvalue weighted by Crippen LogP contribution is -2.33. The zero-order chi connectivity index (χ0) is 11.1. The Morgan fingerprint density at radius 2 is 1.79 bits per heavy atom. The van der Waals surface area contributed by atoms with E-state index in [-0.39, 0.29) is 13.0 Å². The van der Waals surface area contributed by atoms with Gasteiger partial charge < -0.3 is 20.6 Å². The minimum Gasteiger partial charge on any atom is -0.481 e. The summed E-state index contributed by atoms with van der Waals surface area (Å²) in [6, 6.07) is 0. The maximum atomic E-state index is 10.5. The average Bonchev–Trinajstić information content (AvgIpc) is 2.11. The topological polar surface area (TPSA) is 124 Å². The smallest absolute Gasteiger partial charge is 0.394 e. The standard InChI is InChI=1S/C7H11NO6/c9-3-4(6(11)12)1-2-8-5(10)7(13)14/h4,9H,1-3H2,(H,8,10)(H,11,12)(H,13,14). The fourth-order valence-electron chi connectivity index (χ4n) is 0.728. The summed E-state index contributed by atoms with van der Waals surface area (Å²) in [4.78, 5) is 30.8. The quantitative estimate of drug-likeness (QED) is 0.395. The summed E-state index contributed by atoms with van der Waals surface area (Å²) >= 11 is 0. The zero-order valence-electron chi connectivity index (χ0n) is 7.27. The molecule has 1 amide bonds. The molecule has 0 aromatic carbocycles. The van der Waals surface area contributed by atoms with Crippen molar-refractivity contribution in [3.8, 4) is 0 Å². The highest BCUT2D eigenvalue weighted by atomic mass is 16.4. The maximum absolute atomic E-state index is 10.5. The molecule has 0 fully saturated rings. The van der Waals surface area contributed by atoms with Gasteiger partial charge in [-0.25, -0.2) is 4.79 Å². The number of carboxylic acids is 2. The number of rotatable bonds is 5. The minimum atomic E-state index is -1.62. The predicted octanol–water partition coefficient (Wildman–Crippen LogP) is -1.73. The third-order valence-electron chi connectivity index (χ3n) is 1.54. The van der Waals surface area contributed by atoms with Gasteiger partial charge in [-0.2, -0.15) is 0 Å². The molecule has 0 aliphatic rings. The second-order valence-corrected chi connectivity index (χ2v) is 2.57. The van der Waals surface area contributed by atoms with E-state index in [1.165, 1.54) is 0 Å². The Morgan fingerprint density at radius 3 is 2.14 bits per heavy atom. The second-order valence-electron chi connectivity index (χ2n) is 2.57. The Bertz CT molecular complexity index is 238. The number of hydrogen-bond donors (Lipinski definition) is 4. The monoisotopic (exact) mass is 205 g/mol. The van der Waals surface area contributed by atoms with E-state index in [4.69, 9.17) is 15.3 Å². The number of carbonyl (C=O) groups is 3. The lowest BCUT2D eigenvalue weighted by atomic mass is 10.1. The number of hydrogen-bond acceptors (Lipinski definition) is 4. The van der Waals surface area contributed by atoms with Crippen molar-refractivity contribution in [1.29, 1.82) is 0 Å². The Kier molecular flexibility index (Phi) is 5.23. The second kappa shape index (κ2) is 5.92. The summed E-state index contributed by atoms with van der Waals surface area (Å²) in [6.45, 7) is -0.638. The van der Waals surface area contributed by atoms with Crippen molar-refractivity contribution in [2.24, 2.45) is 5.92 Å². The van der Waals surface area contributed by atoms with Gasteiger partial charge in [-0.15, -0.1) is 0 Å². The molecule has 14 heavy (non-hydrogen) atoms. The molecule has 0 rings (SSSR count). The van der Waals surface area contributed by atoms with Crippen molar-refractivity contribution in [1.82, 2.24) is 5.32 Å². The first-order chi connectivity index (χ1) is 6.49. The molecule has 0 saturated carbocycles. The third kappa shape index (κ3) is 4.41. The van der Waals surface area contributed by atoms with Gasteiger partial charge in [0.2, 0.25) is 0 Å². The van der Waals surface area contributed by atoms with Gasteiger partial charge in [-0.3, -0.25) is 9.59 Å². The minimum absolute atomic E-state index is 0.00907. The molecule has 4 N–H and O–H groups in total. The number of carbonyl (C=O) groups excluding carboxylic acids is 1. The van der Waals surface area contributed by atoms with Crippen molar-refractivity contribution in [2.45, 2.75) is 6.42 Å². The molecule has 7 nitrogen and oxygen atoms in total. The summed E-state index contributed by atoms with van der Waals surface area (Å²) in [5.74, 6) is -4.98. The van der Waals surface area contributed by atoms with Crippen molar-refractivity contribution in [3.05, 3.63) is 0 Å². The summed E-state index contributed by atoms with van der Waals surface area (Å²) in [5, 5.41) is 27.1. The van der Waals surface area contributed by atoms with Crippen LogP contribution in [0.4, 0.5) is 0 Å². The Labute approximate surface area is 79.3 Å². The van der Waals surface area contributed by atoms with Crippen molar-refractivity contribution < 1.29 is 29.7 Å². The lowest BCUT2D eigenvalue weighted by Gasteiger charge is -2.08. The highest BCUT2D eigenvalue weighted by Gasteiger charge is 2.17. The SMILES string of the molecule is O=C(O)C(=O)NCCC(CO)C(=O)O. The highest BCUT2D eigenvalue weighted by molar-refractivity contribution is 6.31. The predicted molar refractivity (Wildman–Crippen MR) is 43.5 cm³/mol. The number of aliphatic hydroxyl groups is 1. The van der Waals surface area contributed by atoms with E-state index in [2.05, 4.69) is 0 Å². The van der Waals surface area contributed by atoms with Gasteiger partial charge in [-0.1, -0.05) is 0 Å². The van der Waals surface area contributed by atoms with Crippen LogP contribution >= 0.6 is 0 Å². The largest absolute Gasteiger partial charge is 0.481 e. The molecule has 1 atom stereocenters. The van der Waals surface area contributed by atoms with Crippen LogP contribution in [0, 0.1) is 5.92 Å². The van der Waals surface area contributed by atoms with Crippen LogP contribution in [0.3, 0.4) is 0 Å². The van der Waals surface area contributed by atoms with E-state index >= 15 is 0 Å². The molecule has 0 saturated heterocycles. The van der Waals surface area contributed by atoms with Crippen LogP contribution < -0.4 is 5.32 Å². The highest BCUT2D eigenvalue weighted by Crippen LogP contribution is 2.00. The molecule has 0 spiro atoms. The van der Waals surface area contributed by atoms with Gasteiger partial charge in [0.15, 0.2) is 0 Å². The van der Waals surface area contributed by atoms with Gasteiger partial charge in [0, 0.05) is 6.54 Å². The molecule has 1 unspecified atom stereocenters. The summed E-state index contributed by atoms with van der Waals surface area (Å²) < 4.78 is 0. The van der Waals surface area contributed by atoms with E-state index < -0.39 is 30.4 Å². The Balaban J connectivity index is 3.77. The van der Waals surface area contributed by atoms with Crippen LogP contribution in [0.5, 0.6) is 0 Å². The van der Waals surface area contributed by atoms with Crippen LogP contribution in [-0.2, 0) is 14.4 Å². The first-order valence-corrected chi connectivity index (χ1v) is 3.83. The Morgan fingerprint density at radius 1 is 1.21 bits per heavy atom. The van der Waals surface area contributed by atoms with Crippen LogP contribution in [0.1, 0.15) is 6.42 Å². The number of amides is 1. The number of aliphatic hydroxyl groups excluding tert-OH is 1. The van der Waals surface area contributed by atoms with Gasteiger partial charge in [0.1, 0.15) is 0 Å². The van der Waals surface area contributed by atoms with Crippen LogP contribution in [-0.4, -0.2) is 46.3 Å². The molecule has 0 bridgehead atoms. The van der Waals surface area contributed by atoms with Gasteiger partial charge >= 0.3 is 17.8 Å². The van der Waals surface area contributed by atoms with Crippen LogP contribution in [0.15, 0.2) is 0 Å². The van der Waals surface area contributed by atoms with E-state index in [0.29, 0.717) is 0 Å². The number of carboxylic acid groups (broad SMARTS) is 2. The van der Waals surface area contributed by atoms with Gasteiger partial charge in [0.05, 0.1) is 12.5 Å². The van der Waals surface area contributed by atoms with Gasteiger partial charge in [0.25, 0.3) is 0 Å². The lowest BCUT2D eigenvalue weighted by molar-refractivity contribution is -0.150. The molecular formula is C7H11NO6. The van der Waals surface area contributed by atoms with E-state index in [1.54, 1.807) is 0 Å². The normalized spacial score (nSPS) is 11.8. The van der Waals surface area contributed by atoms with Crippen LogP contribution in [0.25, 0.3) is 0 Å². The summed E-state index contributed by atoms with van der Waals surface area (Å²) in [7, 11) is 0. The molecule has 0 aromatic rings. The Hall–Kier alpha value is -1.63. The van der Waals surface area contributed by atoms with E-state index in [1.807, 2.05) is 5.32 Å². The van der Waals surface area contributed by atoms with Gasteiger partial charge in [-0.05, 0) is 6.42 Å². The fraction of sp³-hybridized carbons (Fsp3) is 0.571. The third-order valence-corrected chi connectivity index (χ3v) is 1.54. The maximum Gasteiger partial charge on any atom is 0.394 e. The van der Waals surface area contributed by atoms with E-state index in [9.17, 15) is 14.4 Å². The number of aliphatic carboxylic acids is 2. The first-order valence-electron chi connectivity index (χ1n) is 3.83. The van der Waals surface area contributed by atoms with E-state index in [0.717, 1.165) is 0 Å². The van der Waals surface area contributed by atoms with Crippen molar-refractivity contribution in [3.63, 3.8) is 0 Å². The molecule has 0 radical (unpaired) electrons. The number of nitrogens with one attached hydrogen (secondary N) is 1. The molecule has 80 valence electrons. The molecular weight excluding hydrogens is 194 g/mol. The van der Waals surface area contributed by atoms with Crippen molar-refractivity contribution >= 4 is 17.8 Å². The van der Waals surface area contributed by atoms with Crippen molar-refractivity contribution in [2.75, 3.05) is 13.2 Å².